The molecule has 10 rings (SSSR count). The summed E-state index contributed by atoms with van der Waals surface area (Å²) in [6.07, 6.45) is -17.6. The summed E-state index contributed by atoms with van der Waals surface area (Å²) in [5.74, 6) is -9.42. The van der Waals surface area contributed by atoms with Crippen molar-refractivity contribution < 1.29 is 115 Å². The smallest absolute Gasteiger partial charge is 0.335 e. The van der Waals surface area contributed by atoms with Crippen molar-refractivity contribution in [2.45, 2.75) is 203 Å². The molecule has 4 N–H and O–H groups in total. The lowest BCUT2D eigenvalue weighted by atomic mass is 10.1. The second-order valence-electron chi connectivity index (χ2n) is 20.8. The predicted molar refractivity (Wildman–Crippen MR) is 237 cm³/mol. The molecule has 8 aliphatic heterocycles. The Labute approximate surface area is 422 Å². The maximum absolute atomic E-state index is 12.3. The van der Waals surface area contributed by atoms with Crippen molar-refractivity contribution in [1.29, 1.82) is 0 Å². The summed E-state index contributed by atoms with van der Waals surface area (Å²) in [6.45, 7) is 12.6. The van der Waals surface area contributed by atoms with E-state index in [1.807, 2.05) is 0 Å². The van der Waals surface area contributed by atoms with E-state index in [9.17, 15) is 39.6 Å². The average molecular weight is 1050 g/mol. The van der Waals surface area contributed by atoms with Crippen LogP contribution in [-0.4, -0.2) is 166 Å². The molecule has 8 fully saturated rings. The van der Waals surface area contributed by atoms with Gasteiger partial charge >= 0.3 is 23.9 Å². The number of nitrogens with zero attached hydrogens (tertiary/aromatic N) is 2. The van der Waals surface area contributed by atoms with Crippen molar-refractivity contribution in [3.63, 3.8) is 0 Å². The maximum Gasteiger partial charge on any atom is 0.335 e. The molecule has 74 heavy (non-hydrogen) atoms. The first-order valence-electron chi connectivity index (χ1n) is 23.9. The van der Waals surface area contributed by atoms with Crippen LogP contribution in [0.15, 0.2) is 46.6 Å². The van der Waals surface area contributed by atoms with Crippen molar-refractivity contribution in [3.05, 3.63) is 58.7 Å². The molecule has 0 amide bonds. The summed E-state index contributed by atoms with van der Waals surface area (Å²) in [5.41, 5.74) is 2.37. The van der Waals surface area contributed by atoms with E-state index in [-0.39, 0.29) is 37.8 Å². The highest BCUT2D eigenvalue weighted by atomic mass is 16.9. The Bertz CT molecular complexity index is 2210. The molecule has 26 heteroatoms. The normalized spacial score (nSPS) is 37.8. The maximum atomic E-state index is 12.3. The third kappa shape index (κ3) is 11.0. The summed E-state index contributed by atoms with van der Waals surface area (Å²) in [7, 11) is 0. The molecule has 8 heterocycles. The fourth-order valence-corrected chi connectivity index (χ4v) is 10.3. The highest BCUT2D eigenvalue weighted by Gasteiger charge is 2.61. The van der Waals surface area contributed by atoms with E-state index < -0.39 is 145 Å². The molecule has 2 aromatic rings. The number of carboxylic acid groups (broad SMARTS) is 4. The van der Waals surface area contributed by atoms with Gasteiger partial charge in [-0.3, -0.25) is 0 Å². The lowest BCUT2D eigenvalue weighted by Crippen LogP contribution is -2.40. The molecular weight excluding hydrogens is 989 g/mol. The van der Waals surface area contributed by atoms with E-state index in [4.69, 9.17) is 75.8 Å². The minimum Gasteiger partial charge on any atom is -0.479 e. The predicted octanol–water partition coefficient (Wildman–Crippen LogP) is 3.49. The number of aliphatic carboxylic acids is 4. The third-order valence-electron chi connectivity index (χ3n) is 13.1. The van der Waals surface area contributed by atoms with Gasteiger partial charge in [-0.05, 0) is 102 Å². The first-order valence-corrected chi connectivity index (χ1v) is 23.9. The largest absolute Gasteiger partial charge is 0.479 e. The van der Waals surface area contributed by atoms with Crippen LogP contribution in [0.25, 0.3) is 0 Å². The van der Waals surface area contributed by atoms with Crippen molar-refractivity contribution >= 4 is 35.3 Å². The Morgan fingerprint density at radius 3 is 0.811 bits per heavy atom. The Morgan fingerprint density at radius 2 is 0.608 bits per heavy atom. The summed E-state index contributed by atoms with van der Waals surface area (Å²) in [6, 6.07) is 9.94. The minimum atomic E-state index is -1.42. The number of fused-ring (bicyclic) bond motifs is 4. The van der Waals surface area contributed by atoms with E-state index in [1.165, 1.54) is 0 Å². The number of rotatable bonds is 18. The van der Waals surface area contributed by atoms with Crippen LogP contribution in [0, 0.1) is 0 Å². The monoisotopic (exact) mass is 1050 g/mol. The topological polar surface area (TPSA) is 322 Å². The number of hydrogen-bond donors (Lipinski definition) is 4. The highest BCUT2D eigenvalue weighted by molar-refractivity contribution is 5.75. The molecule has 8 aliphatic rings. The number of azo groups is 1. The zero-order valence-electron chi connectivity index (χ0n) is 41.4. The lowest BCUT2D eigenvalue weighted by Gasteiger charge is -2.25. The second kappa shape index (κ2) is 19.7. The molecule has 16 atom stereocenters. The molecule has 2 aromatic carbocycles. The van der Waals surface area contributed by atoms with Crippen LogP contribution in [0.3, 0.4) is 0 Å². The van der Waals surface area contributed by atoms with E-state index in [0.717, 1.165) is 0 Å². The fraction of sp³-hybridized carbons (Fsp3) is 0.667. The Kier molecular flexibility index (Phi) is 14.0. The standard InChI is InChI=1S/C48H58N2O24/c1-45(2)67-33-25(29(37(51)52)63-41(33)71-45)59-15-19-9-20(16-60-26-30(38(53)54)64-42-34(26)68-46(3,4)72-42)12-23(11-19)49-50-24-13-21(17-61-27-31(39(55)56)65-43-35(27)69-47(5,6)73-43)10-22(14-24)18-62-28-32(40(57)58)66-44-36(28)70-48(7,8)74-44/h9-14,25-36,41-44H,15-18H2,1-8H3,(H,51,52)(H,53,54)(H,55,56)(H,57,58)/t25-,26-,27-,28-,29+,30+,31+,32+,33+,34+,35+,36+,41+,42+,43+,44+/m0/s1. The lowest BCUT2D eigenvalue weighted by molar-refractivity contribution is -0.223. The van der Waals surface area contributed by atoms with Crippen molar-refractivity contribution in [2.75, 3.05) is 0 Å². The Balaban J connectivity index is 0.944. The number of ether oxygens (including phenoxy) is 16. The molecule has 0 saturated carbocycles. The van der Waals surface area contributed by atoms with Gasteiger partial charge in [0.1, 0.15) is 48.8 Å². The van der Waals surface area contributed by atoms with Crippen LogP contribution >= 0.6 is 0 Å². The van der Waals surface area contributed by atoms with Crippen molar-refractivity contribution in [1.82, 2.24) is 0 Å². The van der Waals surface area contributed by atoms with Gasteiger partial charge in [0, 0.05) is 0 Å². The number of benzene rings is 2. The highest BCUT2D eigenvalue weighted by Crippen LogP contribution is 2.43. The molecule has 404 valence electrons. The molecule has 0 bridgehead atoms. The van der Waals surface area contributed by atoms with Gasteiger partial charge in [0.2, 0.25) is 0 Å². The Morgan fingerprint density at radius 1 is 0.392 bits per heavy atom. The van der Waals surface area contributed by atoms with Gasteiger partial charge in [0.15, 0.2) is 72.7 Å². The molecule has 0 unspecified atom stereocenters. The minimum absolute atomic E-state index is 0.193. The summed E-state index contributed by atoms with van der Waals surface area (Å²) in [5, 5.41) is 49.3. The van der Waals surface area contributed by atoms with E-state index in [0.29, 0.717) is 22.3 Å². The summed E-state index contributed by atoms with van der Waals surface area (Å²) < 4.78 is 94.6. The average Bonchev–Trinajstić information content (AvgIpc) is 4.17. The van der Waals surface area contributed by atoms with Gasteiger partial charge in [0.25, 0.3) is 0 Å². The molecule has 0 radical (unpaired) electrons. The molecule has 0 spiro atoms. The summed E-state index contributed by atoms with van der Waals surface area (Å²) in [4.78, 5) is 49.2. The SMILES string of the molecule is CC1(C)O[C@H]2O[C@@H](C(=O)O)[C@H](OCc3cc(CO[C@@H]4[C@H]5OC(C)(C)O[C@H]5O[C@H]4C(=O)O)cc(N=Nc4cc(CO[C@@H]5[C@H]6OC(C)(C)O[C@H]6O[C@H]5C(=O)O)cc(CO[C@@H]5[C@H]6OC(C)(C)O[C@H]6O[C@H]5C(=O)O)c4)c3)[C@H]2O1. The summed E-state index contributed by atoms with van der Waals surface area (Å²) >= 11 is 0. The molecule has 0 aromatic heterocycles. The fourth-order valence-electron chi connectivity index (χ4n) is 10.3. The third-order valence-corrected chi connectivity index (χ3v) is 13.1. The Hall–Kier alpha value is -4.72. The molecule has 0 aliphatic carbocycles. The quantitative estimate of drug-likeness (QED) is 0.155. The van der Waals surface area contributed by atoms with Crippen molar-refractivity contribution in [3.8, 4) is 0 Å². The molecule has 26 nitrogen and oxygen atoms in total. The first-order chi connectivity index (χ1) is 34.8. The molecule has 8 saturated heterocycles. The van der Waals surface area contributed by atoms with E-state index >= 15 is 0 Å². The van der Waals surface area contributed by atoms with Crippen LogP contribution in [0.2, 0.25) is 0 Å². The second-order valence-corrected chi connectivity index (χ2v) is 20.8. The van der Waals surface area contributed by atoms with Gasteiger partial charge in [-0.1, -0.05) is 12.1 Å². The van der Waals surface area contributed by atoms with Crippen LogP contribution in [0.1, 0.15) is 77.6 Å². The van der Waals surface area contributed by atoms with E-state index in [1.54, 1.807) is 91.8 Å². The van der Waals surface area contributed by atoms with E-state index in [2.05, 4.69) is 10.2 Å². The number of hydrogen-bond acceptors (Lipinski definition) is 22. The van der Waals surface area contributed by atoms with Gasteiger partial charge in [-0.15, -0.1) is 0 Å². The zero-order chi connectivity index (χ0) is 52.8. The molecular formula is C48H58N2O24. The van der Waals surface area contributed by atoms with Crippen LogP contribution in [-0.2, 0) is 121 Å². The van der Waals surface area contributed by atoms with Crippen LogP contribution in [0.4, 0.5) is 11.4 Å². The van der Waals surface area contributed by atoms with Crippen LogP contribution < -0.4 is 0 Å². The first kappa shape index (κ1) is 52.7. The van der Waals surface area contributed by atoms with Crippen LogP contribution in [0.5, 0.6) is 0 Å². The van der Waals surface area contributed by atoms with Crippen molar-refractivity contribution in [2.24, 2.45) is 10.2 Å². The van der Waals surface area contributed by atoms with Gasteiger partial charge in [0.05, 0.1) is 37.8 Å². The zero-order valence-corrected chi connectivity index (χ0v) is 41.4. The number of carboxylic acids is 4. The van der Waals surface area contributed by atoms with Gasteiger partial charge in [-0.2, -0.15) is 10.2 Å². The van der Waals surface area contributed by atoms with Gasteiger partial charge < -0.3 is 96.2 Å². The van der Waals surface area contributed by atoms with Gasteiger partial charge in [-0.25, -0.2) is 19.2 Å². The number of carbonyl (C=O) groups is 4.